The van der Waals surface area contributed by atoms with Crippen molar-refractivity contribution in [1.29, 1.82) is 5.26 Å². The topological polar surface area (TPSA) is 48.7 Å². The largest absolute Gasteiger partial charge is 0.355 e. The number of pyridine rings is 1. The predicted molar refractivity (Wildman–Crippen MR) is 64.8 cm³/mol. The van der Waals surface area contributed by atoms with Crippen LogP contribution in [0.3, 0.4) is 0 Å². The average Bonchev–Trinajstić information content (AvgIpc) is 2.28. The van der Waals surface area contributed by atoms with Gasteiger partial charge in [0.1, 0.15) is 11.9 Å². The molecular weight excluding hydrogens is 198 g/mol. The van der Waals surface area contributed by atoms with Crippen molar-refractivity contribution in [2.75, 3.05) is 5.32 Å². The van der Waals surface area contributed by atoms with Gasteiger partial charge in [-0.3, -0.25) is 0 Å². The molecular formula is C13H15N3. The molecule has 1 unspecified atom stereocenters. The van der Waals surface area contributed by atoms with E-state index in [1.54, 1.807) is 6.20 Å². The highest BCUT2D eigenvalue weighted by molar-refractivity contribution is 5.56. The van der Waals surface area contributed by atoms with Gasteiger partial charge >= 0.3 is 0 Å². The summed E-state index contributed by atoms with van der Waals surface area (Å²) < 4.78 is 0. The Labute approximate surface area is 96.5 Å². The van der Waals surface area contributed by atoms with E-state index < -0.39 is 0 Å². The Morgan fingerprint density at radius 3 is 2.94 bits per heavy atom. The van der Waals surface area contributed by atoms with Crippen LogP contribution in [0.2, 0.25) is 0 Å². The summed E-state index contributed by atoms with van der Waals surface area (Å²) in [6.07, 6.45) is 8.96. The van der Waals surface area contributed by atoms with E-state index in [0.717, 1.165) is 18.4 Å². The third-order valence-corrected chi connectivity index (χ3v) is 2.36. The quantitative estimate of drug-likeness (QED) is 0.782. The zero-order chi connectivity index (χ0) is 12.0. The Hall–Kier alpha value is -2.00. The zero-order valence-electron chi connectivity index (χ0n) is 9.62. The molecule has 0 aliphatic carbocycles. The van der Waals surface area contributed by atoms with Crippen LogP contribution in [-0.2, 0) is 0 Å². The van der Waals surface area contributed by atoms with E-state index in [-0.39, 0.29) is 6.04 Å². The minimum Gasteiger partial charge on any atom is -0.355 e. The molecule has 1 rings (SSSR count). The maximum Gasteiger partial charge on any atom is 0.145 e. The highest BCUT2D eigenvalue weighted by atomic mass is 15.0. The van der Waals surface area contributed by atoms with Crippen molar-refractivity contribution in [1.82, 2.24) is 4.98 Å². The summed E-state index contributed by atoms with van der Waals surface area (Å²) in [4.78, 5) is 4.15. The lowest BCUT2D eigenvalue weighted by Gasteiger charge is -2.14. The van der Waals surface area contributed by atoms with E-state index in [1.807, 2.05) is 13.0 Å². The Morgan fingerprint density at radius 2 is 2.38 bits per heavy atom. The van der Waals surface area contributed by atoms with Crippen molar-refractivity contribution in [2.24, 2.45) is 0 Å². The predicted octanol–water partition coefficient (Wildman–Crippen LogP) is 2.48. The first-order valence-corrected chi connectivity index (χ1v) is 5.31. The van der Waals surface area contributed by atoms with Gasteiger partial charge in [0.15, 0.2) is 0 Å². The summed E-state index contributed by atoms with van der Waals surface area (Å²) in [6, 6.07) is 3.89. The molecule has 0 spiro atoms. The van der Waals surface area contributed by atoms with Crippen LogP contribution >= 0.6 is 0 Å². The van der Waals surface area contributed by atoms with Crippen LogP contribution in [0.1, 0.15) is 30.9 Å². The summed E-state index contributed by atoms with van der Waals surface area (Å²) >= 11 is 0. The van der Waals surface area contributed by atoms with Gasteiger partial charge in [-0.1, -0.05) is 19.3 Å². The molecule has 0 radical (unpaired) electrons. The summed E-state index contributed by atoms with van der Waals surface area (Å²) in [7, 11) is 0. The van der Waals surface area contributed by atoms with Crippen molar-refractivity contribution >= 4 is 5.82 Å². The zero-order valence-corrected chi connectivity index (χ0v) is 9.62. The lowest BCUT2D eigenvalue weighted by molar-refractivity contribution is 0.752. The SMILES string of the molecule is C#CC(CCC)Nc1nccc(C)c1C#N. The van der Waals surface area contributed by atoms with Gasteiger partial charge in [0.25, 0.3) is 0 Å². The lowest BCUT2D eigenvalue weighted by Crippen LogP contribution is -2.18. The smallest absolute Gasteiger partial charge is 0.145 e. The molecule has 0 amide bonds. The number of nitrogens with one attached hydrogen (secondary N) is 1. The van der Waals surface area contributed by atoms with Crippen molar-refractivity contribution < 1.29 is 0 Å². The molecule has 82 valence electrons. The second kappa shape index (κ2) is 5.78. The molecule has 0 fully saturated rings. The fraction of sp³-hybridized carbons (Fsp3) is 0.385. The summed E-state index contributed by atoms with van der Waals surface area (Å²) in [5, 5.41) is 12.2. The maximum atomic E-state index is 9.03. The van der Waals surface area contributed by atoms with Crippen LogP contribution in [0.15, 0.2) is 12.3 Å². The number of hydrogen-bond acceptors (Lipinski definition) is 3. The van der Waals surface area contributed by atoms with E-state index >= 15 is 0 Å². The molecule has 1 N–H and O–H groups in total. The molecule has 3 nitrogen and oxygen atoms in total. The van der Waals surface area contributed by atoms with Crippen LogP contribution in [0.5, 0.6) is 0 Å². The van der Waals surface area contributed by atoms with Gasteiger partial charge in [-0.05, 0) is 25.0 Å². The molecule has 16 heavy (non-hydrogen) atoms. The monoisotopic (exact) mass is 213 g/mol. The van der Waals surface area contributed by atoms with Gasteiger partial charge in [0.05, 0.1) is 11.6 Å². The molecule has 0 aromatic carbocycles. The molecule has 0 saturated heterocycles. The third-order valence-electron chi connectivity index (χ3n) is 2.36. The first-order chi connectivity index (χ1) is 7.72. The molecule has 1 aromatic heterocycles. The number of nitrogens with zero attached hydrogens (tertiary/aromatic N) is 2. The van der Waals surface area contributed by atoms with Gasteiger partial charge in [0, 0.05) is 6.20 Å². The molecule has 1 aromatic rings. The molecule has 0 aliphatic rings. The van der Waals surface area contributed by atoms with E-state index in [0.29, 0.717) is 11.4 Å². The number of aromatic nitrogens is 1. The molecule has 0 saturated carbocycles. The van der Waals surface area contributed by atoms with E-state index in [1.165, 1.54) is 0 Å². The first-order valence-electron chi connectivity index (χ1n) is 5.31. The Morgan fingerprint density at radius 1 is 1.62 bits per heavy atom. The number of rotatable bonds is 4. The molecule has 3 heteroatoms. The van der Waals surface area contributed by atoms with Gasteiger partial charge < -0.3 is 5.32 Å². The number of nitriles is 1. The van der Waals surface area contributed by atoms with Crippen molar-refractivity contribution in [3.63, 3.8) is 0 Å². The maximum absolute atomic E-state index is 9.03. The summed E-state index contributed by atoms with van der Waals surface area (Å²) in [5.74, 6) is 3.24. The minimum absolute atomic E-state index is 0.0635. The summed E-state index contributed by atoms with van der Waals surface area (Å²) in [6.45, 7) is 3.96. The Bertz CT molecular complexity index is 437. The van der Waals surface area contributed by atoms with Gasteiger partial charge in [-0.25, -0.2) is 4.98 Å². The number of anilines is 1. The molecule has 1 heterocycles. The van der Waals surface area contributed by atoms with Gasteiger partial charge in [-0.15, -0.1) is 6.42 Å². The standard InChI is InChI=1S/C13H15N3/c1-4-6-11(5-2)16-13-12(9-14)10(3)7-8-15-13/h2,7-8,11H,4,6H2,1,3H3,(H,15,16). The van der Waals surface area contributed by atoms with Crippen LogP contribution in [0, 0.1) is 30.6 Å². The summed E-state index contributed by atoms with van der Waals surface area (Å²) in [5.41, 5.74) is 1.48. The van der Waals surface area contributed by atoms with Crippen molar-refractivity contribution in [3.8, 4) is 18.4 Å². The Balaban J connectivity index is 2.93. The second-order valence-electron chi connectivity index (χ2n) is 3.62. The van der Waals surface area contributed by atoms with Crippen molar-refractivity contribution in [3.05, 3.63) is 23.4 Å². The van der Waals surface area contributed by atoms with E-state index in [4.69, 9.17) is 11.7 Å². The average molecular weight is 213 g/mol. The van der Waals surface area contributed by atoms with Crippen LogP contribution in [0.4, 0.5) is 5.82 Å². The van der Waals surface area contributed by atoms with E-state index in [9.17, 15) is 0 Å². The Kier molecular flexibility index (Phi) is 4.36. The lowest BCUT2D eigenvalue weighted by atomic mass is 10.1. The number of terminal acetylenes is 1. The van der Waals surface area contributed by atoms with Gasteiger partial charge in [-0.2, -0.15) is 5.26 Å². The number of hydrogen-bond donors (Lipinski definition) is 1. The van der Waals surface area contributed by atoms with Gasteiger partial charge in [0.2, 0.25) is 0 Å². The van der Waals surface area contributed by atoms with Crippen molar-refractivity contribution in [2.45, 2.75) is 32.7 Å². The third kappa shape index (κ3) is 2.74. The normalized spacial score (nSPS) is 11.2. The highest BCUT2D eigenvalue weighted by Crippen LogP contribution is 2.16. The van der Waals surface area contributed by atoms with E-state index in [2.05, 4.69) is 29.2 Å². The molecule has 1 atom stereocenters. The molecule has 0 bridgehead atoms. The highest BCUT2D eigenvalue weighted by Gasteiger charge is 2.10. The number of aryl methyl sites for hydroxylation is 1. The minimum atomic E-state index is -0.0635. The fourth-order valence-electron chi connectivity index (χ4n) is 1.46. The first kappa shape index (κ1) is 12.1. The second-order valence-corrected chi connectivity index (χ2v) is 3.62. The molecule has 0 aliphatic heterocycles. The van der Waals surface area contributed by atoms with Crippen LogP contribution in [-0.4, -0.2) is 11.0 Å². The van der Waals surface area contributed by atoms with Crippen LogP contribution in [0.25, 0.3) is 0 Å². The fourth-order valence-corrected chi connectivity index (χ4v) is 1.46. The van der Waals surface area contributed by atoms with Crippen LogP contribution < -0.4 is 5.32 Å².